The van der Waals surface area contributed by atoms with Gasteiger partial charge in [0.15, 0.2) is 0 Å². The third kappa shape index (κ3) is 4.78. The summed E-state index contributed by atoms with van der Waals surface area (Å²) in [6, 6.07) is 6.29. The van der Waals surface area contributed by atoms with Crippen molar-refractivity contribution in [3.8, 4) is 0 Å². The number of hydrogen-bond donors (Lipinski definition) is 1. The lowest BCUT2D eigenvalue weighted by atomic mass is 10.4. The van der Waals surface area contributed by atoms with Crippen molar-refractivity contribution in [2.45, 2.75) is 11.8 Å². The lowest BCUT2D eigenvalue weighted by molar-refractivity contribution is 0.162. The summed E-state index contributed by atoms with van der Waals surface area (Å²) in [7, 11) is -3.58. The topological polar surface area (TPSA) is 55.4 Å². The first-order valence-corrected chi connectivity index (χ1v) is 7.26. The predicted molar refractivity (Wildman–Crippen MR) is 72.3 cm³/mol. The molecule has 0 aliphatic heterocycles. The van der Waals surface area contributed by atoms with Gasteiger partial charge in [-0.05, 0) is 19.1 Å². The third-order valence-corrected chi connectivity index (χ3v) is 3.97. The van der Waals surface area contributed by atoms with Gasteiger partial charge in [-0.3, -0.25) is 0 Å². The van der Waals surface area contributed by atoms with Crippen molar-refractivity contribution in [1.82, 2.24) is 4.72 Å². The van der Waals surface area contributed by atoms with E-state index in [1.54, 1.807) is 12.1 Å². The molecule has 0 spiro atoms. The molecule has 1 aromatic carbocycles. The molecule has 0 aromatic heterocycles. The lowest BCUT2D eigenvalue weighted by Gasteiger charge is -2.08. The molecule has 18 heavy (non-hydrogen) atoms. The fourth-order valence-corrected chi connectivity index (χ4v) is 2.77. The van der Waals surface area contributed by atoms with Gasteiger partial charge in [-0.1, -0.05) is 35.9 Å². The van der Waals surface area contributed by atoms with Crippen LogP contribution in [0.4, 0.5) is 0 Å². The quantitative estimate of drug-likeness (QED) is 0.618. The molecular formula is C12H16ClNO3S. The molecule has 0 radical (unpaired) electrons. The van der Waals surface area contributed by atoms with Gasteiger partial charge in [0.1, 0.15) is 4.90 Å². The monoisotopic (exact) mass is 289 g/mol. The molecule has 0 amide bonds. The Hall–Kier alpha value is -0.880. The van der Waals surface area contributed by atoms with Gasteiger partial charge in [-0.2, -0.15) is 0 Å². The van der Waals surface area contributed by atoms with Crippen molar-refractivity contribution in [3.63, 3.8) is 0 Å². The van der Waals surface area contributed by atoms with E-state index in [0.717, 1.165) is 5.57 Å². The zero-order valence-corrected chi connectivity index (χ0v) is 11.7. The summed E-state index contributed by atoms with van der Waals surface area (Å²) in [4.78, 5) is 0.0755. The van der Waals surface area contributed by atoms with Crippen LogP contribution >= 0.6 is 11.6 Å². The van der Waals surface area contributed by atoms with Crippen molar-refractivity contribution in [2.75, 3.05) is 19.8 Å². The lowest BCUT2D eigenvalue weighted by Crippen LogP contribution is -2.27. The number of nitrogens with one attached hydrogen (secondary N) is 1. The average molecular weight is 290 g/mol. The van der Waals surface area contributed by atoms with Gasteiger partial charge >= 0.3 is 0 Å². The van der Waals surface area contributed by atoms with Gasteiger partial charge in [-0.15, -0.1) is 0 Å². The van der Waals surface area contributed by atoms with E-state index in [9.17, 15) is 8.42 Å². The summed E-state index contributed by atoms with van der Waals surface area (Å²) in [5, 5.41) is 0.202. The molecule has 0 saturated heterocycles. The van der Waals surface area contributed by atoms with Crippen LogP contribution < -0.4 is 4.72 Å². The van der Waals surface area contributed by atoms with E-state index in [0.29, 0.717) is 6.61 Å². The van der Waals surface area contributed by atoms with Crippen LogP contribution in [-0.4, -0.2) is 28.2 Å². The van der Waals surface area contributed by atoms with E-state index in [2.05, 4.69) is 11.3 Å². The van der Waals surface area contributed by atoms with Crippen molar-refractivity contribution in [1.29, 1.82) is 0 Å². The number of hydrogen-bond acceptors (Lipinski definition) is 3. The molecular weight excluding hydrogens is 274 g/mol. The SMILES string of the molecule is C=C(C)COCCNS(=O)(=O)c1ccccc1Cl. The summed E-state index contributed by atoms with van der Waals surface area (Å²) >= 11 is 5.83. The van der Waals surface area contributed by atoms with E-state index in [4.69, 9.17) is 16.3 Å². The van der Waals surface area contributed by atoms with E-state index in [1.807, 2.05) is 6.92 Å². The summed E-state index contributed by atoms with van der Waals surface area (Å²) in [5.74, 6) is 0. The first-order chi connectivity index (χ1) is 8.43. The molecule has 0 heterocycles. The molecule has 1 aromatic rings. The van der Waals surface area contributed by atoms with Crippen molar-refractivity contribution in [2.24, 2.45) is 0 Å². The Bertz CT molecular complexity index is 514. The highest BCUT2D eigenvalue weighted by Gasteiger charge is 2.16. The number of sulfonamides is 1. The second-order valence-corrected chi connectivity index (χ2v) is 5.98. The highest BCUT2D eigenvalue weighted by molar-refractivity contribution is 7.89. The van der Waals surface area contributed by atoms with Crippen LogP contribution in [0, 0.1) is 0 Å². The fraction of sp³-hybridized carbons (Fsp3) is 0.333. The summed E-state index contributed by atoms with van der Waals surface area (Å²) in [6.45, 7) is 6.43. The van der Waals surface area contributed by atoms with Gasteiger partial charge in [0.05, 0.1) is 18.2 Å². The molecule has 0 saturated carbocycles. The summed E-state index contributed by atoms with van der Waals surface area (Å²) < 4.78 is 31.4. The van der Waals surface area contributed by atoms with Crippen LogP contribution in [0.5, 0.6) is 0 Å². The van der Waals surface area contributed by atoms with Gasteiger partial charge in [-0.25, -0.2) is 13.1 Å². The second-order valence-electron chi connectivity index (χ2n) is 3.84. The van der Waals surface area contributed by atoms with E-state index < -0.39 is 10.0 Å². The molecule has 0 bridgehead atoms. The highest BCUT2D eigenvalue weighted by atomic mass is 35.5. The number of rotatable bonds is 7. The molecule has 0 aliphatic carbocycles. The van der Waals surface area contributed by atoms with Crippen molar-refractivity contribution in [3.05, 3.63) is 41.4 Å². The third-order valence-electron chi connectivity index (χ3n) is 2.01. The number of benzene rings is 1. The Labute approximate surface area is 113 Å². The van der Waals surface area contributed by atoms with Crippen LogP contribution in [0.2, 0.25) is 5.02 Å². The first-order valence-electron chi connectivity index (χ1n) is 5.40. The Balaban J connectivity index is 2.51. The van der Waals surface area contributed by atoms with Crippen LogP contribution in [0.15, 0.2) is 41.3 Å². The second kappa shape index (κ2) is 6.89. The maximum Gasteiger partial charge on any atom is 0.242 e. The molecule has 100 valence electrons. The Morgan fingerprint density at radius 2 is 2.11 bits per heavy atom. The van der Waals surface area contributed by atoms with Crippen molar-refractivity contribution >= 4 is 21.6 Å². The zero-order chi connectivity index (χ0) is 13.6. The number of ether oxygens (including phenoxy) is 1. The zero-order valence-electron chi connectivity index (χ0n) is 10.1. The highest BCUT2D eigenvalue weighted by Crippen LogP contribution is 2.19. The average Bonchev–Trinajstić information content (AvgIpc) is 2.28. The summed E-state index contributed by atoms with van der Waals surface area (Å²) in [6.07, 6.45) is 0. The van der Waals surface area contributed by atoms with Crippen LogP contribution in [-0.2, 0) is 14.8 Å². The molecule has 0 fully saturated rings. The fourth-order valence-electron chi connectivity index (χ4n) is 1.24. The Kier molecular flexibility index (Phi) is 5.81. The minimum Gasteiger partial charge on any atom is -0.376 e. The summed E-state index contributed by atoms with van der Waals surface area (Å²) in [5.41, 5.74) is 0.893. The molecule has 1 rings (SSSR count). The van der Waals surface area contributed by atoms with Crippen LogP contribution in [0.3, 0.4) is 0 Å². The molecule has 0 aliphatic rings. The molecule has 1 N–H and O–H groups in total. The van der Waals surface area contributed by atoms with Crippen LogP contribution in [0.1, 0.15) is 6.92 Å². The van der Waals surface area contributed by atoms with E-state index in [-0.39, 0.29) is 23.1 Å². The van der Waals surface area contributed by atoms with Crippen molar-refractivity contribution < 1.29 is 13.2 Å². The molecule has 4 nitrogen and oxygen atoms in total. The minimum absolute atomic E-state index is 0.0755. The standard InChI is InChI=1S/C12H16ClNO3S/c1-10(2)9-17-8-7-14-18(15,16)12-6-4-3-5-11(12)13/h3-6,14H,1,7-9H2,2H3. The Morgan fingerprint density at radius 3 is 2.72 bits per heavy atom. The van der Waals surface area contributed by atoms with Gasteiger partial charge in [0.25, 0.3) is 0 Å². The molecule has 6 heteroatoms. The van der Waals surface area contributed by atoms with Gasteiger partial charge < -0.3 is 4.74 Å². The first kappa shape index (κ1) is 15.2. The normalized spacial score (nSPS) is 11.4. The maximum atomic E-state index is 11.9. The predicted octanol–water partition coefficient (Wildman–Crippen LogP) is 2.21. The smallest absolute Gasteiger partial charge is 0.242 e. The molecule has 0 atom stereocenters. The number of halogens is 1. The Morgan fingerprint density at radius 1 is 1.44 bits per heavy atom. The van der Waals surface area contributed by atoms with E-state index >= 15 is 0 Å². The van der Waals surface area contributed by atoms with E-state index in [1.165, 1.54) is 12.1 Å². The molecule has 0 unspecified atom stereocenters. The largest absolute Gasteiger partial charge is 0.376 e. The maximum absolute atomic E-state index is 11.9. The van der Waals surface area contributed by atoms with Gasteiger partial charge in [0, 0.05) is 6.54 Å². The minimum atomic E-state index is -3.58. The van der Waals surface area contributed by atoms with Crippen LogP contribution in [0.25, 0.3) is 0 Å². The van der Waals surface area contributed by atoms with Gasteiger partial charge in [0.2, 0.25) is 10.0 Å².